The molecule has 1 heterocycles. The third-order valence-electron chi connectivity index (χ3n) is 5.36. The molecule has 9 heteroatoms. The SMILES string of the molecule is COC(=O)C1CCN(C(=O)c2ccc(N(Cc3ccc(Cl)cc3)S(C)(=O)=O)cc2)CC1. The largest absolute Gasteiger partial charge is 0.469 e. The van der Waals surface area contributed by atoms with E-state index in [-0.39, 0.29) is 24.3 Å². The van der Waals surface area contributed by atoms with Crippen LogP contribution in [0.1, 0.15) is 28.8 Å². The molecule has 0 aromatic heterocycles. The second-order valence-corrected chi connectivity index (χ2v) is 9.88. The Morgan fingerprint density at radius 2 is 1.65 bits per heavy atom. The number of sulfonamides is 1. The number of likely N-dealkylation sites (tertiary alicyclic amines) is 1. The zero-order valence-corrected chi connectivity index (χ0v) is 19.0. The molecule has 3 rings (SSSR count). The number of nitrogens with zero attached hydrogens (tertiary/aromatic N) is 2. The first-order valence-electron chi connectivity index (χ1n) is 9.88. The highest BCUT2D eigenvalue weighted by Gasteiger charge is 2.28. The lowest BCUT2D eigenvalue weighted by molar-refractivity contribution is -0.146. The summed E-state index contributed by atoms with van der Waals surface area (Å²) < 4.78 is 30.8. The van der Waals surface area contributed by atoms with Gasteiger partial charge in [0.25, 0.3) is 5.91 Å². The van der Waals surface area contributed by atoms with Gasteiger partial charge in [-0.1, -0.05) is 23.7 Å². The first kappa shape index (κ1) is 23.1. The third-order valence-corrected chi connectivity index (χ3v) is 6.75. The van der Waals surface area contributed by atoms with Gasteiger partial charge in [0.1, 0.15) is 0 Å². The predicted octanol–water partition coefficient (Wildman–Crippen LogP) is 3.33. The van der Waals surface area contributed by atoms with Crippen LogP contribution in [-0.2, 0) is 26.1 Å². The molecular formula is C22H25ClN2O5S. The molecule has 7 nitrogen and oxygen atoms in total. The number of piperidine rings is 1. The van der Waals surface area contributed by atoms with Crippen molar-refractivity contribution in [2.24, 2.45) is 5.92 Å². The maximum absolute atomic E-state index is 12.8. The average molecular weight is 465 g/mol. The van der Waals surface area contributed by atoms with Crippen LogP contribution in [0.25, 0.3) is 0 Å². The summed E-state index contributed by atoms with van der Waals surface area (Å²) in [5.74, 6) is -0.552. The van der Waals surface area contributed by atoms with Gasteiger partial charge in [-0.3, -0.25) is 13.9 Å². The molecule has 0 unspecified atom stereocenters. The Hall–Kier alpha value is -2.58. The van der Waals surface area contributed by atoms with Gasteiger partial charge in [0.15, 0.2) is 0 Å². The van der Waals surface area contributed by atoms with Crippen molar-refractivity contribution in [1.82, 2.24) is 4.90 Å². The Morgan fingerprint density at radius 1 is 1.06 bits per heavy atom. The van der Waals surface area contributed by atoms with E-state index < -0.39 is 10.0 Å². The van der Waals surface area contributed by atoms with E-state index in [2.05, 4.69) is 0 Å². The number of esters is 1. The van der Waals surface area contributed by atoms with E-state index in [4.69, 9.17) is 16.3 Å². The molecule has 0 radical (unpaired) electrons. The molecule has 31 heavy (non-hydrogen) atoms. The Bertz CT molecular complexity index is 1030. The lowest BCUT2D eigenvalue weighted by atomic mass is 9.96. The summed E-state index contributed by atoms with van der Waals surface area (Å²) in [7, 11) is -2.17. The van der Waals surface area contributed by atoms with Crippen molar-refractivity contribution in [2.75, 3.05) is 30.8 Å². The van der Waals surface area contributed by atoms with Gasteiger partial charge in [-0.15, -0.1) is 0 Å². The maximum atomic E-state index is 12.8. The molecule has 166 valence electrons. The molecule has 1 aliphatic heterocycles. The normalized spacial score (nSPS) is 14.9. The number of hydrogen-bond acceptors (Lipinski definition) is 5. The van der Waals surface area contributed by atoms with E-state index >= 15 is 0 Å². The standard InChI is InChI=1S/C22H25ClN2O5S/c1-30-22(27)18-11-13-24(14-12-18)21(26)17-5-9-20(10-6-17)25(31(2,28)29)15-16-3-7-19(23)8-4-16/h3-10,18H,11-15H2,1-2H3. The van der Waals surface area contributed by atoms with Gasteiger partial charge in [0, 0.05) is 23.7 Å². The summed E-state index contributed by atoms with van der Waals surface area (Å²) >= 11 is 5.91. The van der Waals surface area contributed by atoms with Crippen LogP contribution in [0.4, 0.5) is 5.69 Å². The smallest absolute Gasteiger partial charge is 0.308 e. The van der Waals surface area contributed by atoms with Crippen LogP contribution >= 0.6 is 11.6 Å². The number of benzene rings is 2. The number of hydrogen-bond donors (Lipinski definition) is 0. The minimum Gasteiger partial charge on any atom is -0.469 e. The van der Waals surface area contributed by atoms with Crippen LogP contribution in [0, 0.1) is 5.92 Å². The van der Waals surface area contributed by atoms with Gasteiger partial charge in [-0.05, 0) is 54.8 Å². The Balaban J connectivity index is 1.72. The van der Waals surface area contributed by atoms with Crippen LogP contribution in [0.15, 0.2) is 48.5 Å². The molecule has 0 atom stereocenters. The molecule has 0 aliphatic carbocycles. The van der Waals surface area contributed by atoms with E-state index in [9.17, 15) is 18.0 Å². The summed E-state index contributed by atoms with van der Waals surface area (Å²) in [6.45, 7) is 1.11. The minimum atomic E-state index is -3.54. The molecule has 1 fully saturated rings. The molecule has 0 N–H and O–H groups in total. The van der Waals surface area contributed by atoms with E-state index in [0.29, 0.717) is 42.2 Å². The first-order chi connectivity index (χ1) is 14.7. The predicted molar refractivity (Wildman–Crippen MR) is 120 cm³/mol. The third kappa shape index (κ3) is 5.77. The lowest BCUT2D eigenvalue weighted by Gasteiger charge is -2.31. The Morgan fingerprint density at radius 3 is 2.16 bits per heavy atom. The van der Waals surface area contributed by atoms with E-state index in [1.54, 1.807) is 53.4 Å². The van der Waals surface area contributed by atoms with Gasteiger partial charge < -0.3 is 9.64 Å². The van der Waals surface area contributed by atoms with Gasteiger partial charge >= 0.3 is 5.97 Å². The number of ether oxygens (including phenoxy) is 1. The topological polar surface area (TPSA) is 84.0 Å². The molecule has 1 amide bonds. The number of anilines is 1. The summed E-state index contributed by atoms with van der Waals surface area (Å²) in [5, 5.41) is 0.577. The quantitative estimate of drug-likeness (QED) is 0.612. The van der Waals surface area contributed by atoms with Crippen molar-refractivity contribution < 1.29 is 22.7 Å². The number of amides is 1. The molecule has 0 bridgehead atoms. The fourth-order valence-electron chi connectivity index (χ4n) is 3.59. The molecular weight excluding hydrogens is 440 g/mol. The van der Waals surface area contributed by atoms with Crippen molar-refractivity contribution in [2.45, 2.75) is 19.4 Å². The Labute approximate surface area is 187 Å². The number of halogens is 1. The van der Waals surface area contributed by atoms with E-state index in [1.807, 2.05) is 0 Å². The minimum absolute atomic E-state index is 0.140. The Kier molecular flexibility index (Phi) is 7.23. The van der Waals surface area contributed by atoms with Gasteiger partial charge in [-0.2, -0.15) is 0 Å². The van der Waals surface area contributed by atoms with E-state index in [0.717, 1.165) is 11.8 Å². The van der Waals surface area contributed by atoms with Crippen molar-refractivity contribution >= 4 is 39.2 Å². The number of methoxy groups -OCH3 is 1. The summed E-state index contributed by atoms with van der Waals surface area (Å²) in [5.41, 5.74) is 1.74. The summed E-state index contributed by atoms with van der Waals surface area (Å²) in [4.78, 5) is 26.2. The molecule has 2 aromatic rings. The fraction of sp³-hybridized carbons (Fsp3) is 0.364. The zero-order valence-electron chi connectivity index (χ0n) is 17.5. The van der Waals surface area contributed by atoms with Gasteiger partial charge in [0.05, 0.1) is 31.5 Å². The van der Waals surface area contributed by atoms with Crippen LogP contribution in [0.2, 0.25) is 5.02 Å². The van der Waals surface area contributed by atoms with Crippen molar-refractivity contribution in [3.63, 3.8) is 0 Å². The van der Waals surface area contributed by atoms with E-state index in [1.165, 1.54) is 11.4 Å². The summed E-state index contributed by atoms with van der Waals surface area (Å²) in [6.07, 6.45) is 2.28. The highest BCUT2D eigenvalue weighted by Crippen LogP contribution is 2.24. The monoisotopic (exact) mass is 464 g/mol. The molecule has 1 saturated heterocycles. The van der Waals surface area contributed by atoms with Crippen LogP contribution in [0.5, 0.6) is 0 Å². The first-order valence-corrected chi connectivity index (χ1v) is 12.1. The number of rotatable bonds is 6. The van der Waals surface area contributed by atoms with Gasteiger partial charge in [0.2, 0.25) is 10.0 Å². The summed E-state index contributed by atoms with van der Waals surface area (Å²) in [6, 6.07) is 13.5. The highest BCUT2D eigenvalue weighted by molar-refractivity contribution is 7.92. The maximum Gasteiger partial charge on any atom is 0.308 e. The van der Waals surface area contributed by atoms with Crippen molar-refractivity contribution in [3.8, 4) is 0 Å². The van der Waals surface area contributed by atoms with Crippen molar-refractivity contribution in [3.05, 3.63) is 64.7 Å². The lowest BCUT2D eigenvalue weighted by Crippen LogP contribution is -2.40. The van der Waals surface area contributed by atoms with Crippen LogP contribution < -0.4 is 4.31 Å². The molecule has 1 aliphatic rings. The van der Waals surface area contributed by atoms with Gasteiger partial charge in [-0.25, -0.2) is 8.42 Å². The molecule has 0 spiro atoms. The average Bonchev–Trinajstić information content (AvgIpc) is 2.77. The van der Waals surface area contributed by atoms with Crippen molar-refractivity contribution in [1.29, 1.82) is 0 Å². The number of carbonyl (C=O) groups excluding carboxylic acids is 2. The molecule has 0 saturated carbocycles. The second kappa shape index (κ2) is 9.70. The zero-order chi connectivity index (χ0) is 22.6. The highest BCUT2D eigenvalue weighted by atomic mass is 35.5. The fourth-order valence-corrected chi connectivity index (χ4v) is 4.61. The number of carbonyl (C=O) groups is 2. The van der Waals surface area contributed by atoms with Crippen LogP contribution in [0.3, 0.4) is 0 Å². The second-order valence-electron chi connectivity index (χ2n) is 7.53. The van der Waals surface area contributed by atoms with Crippen LogP contribution in [-0.4, -0.2) is 51.6 Å². The molecule has 2 aromatic carbocycles.